The lowest BCUT2D eigenvalue weighted by Crippen LogP contribution is -2.24. The Morgan fingerprint density at radius 1 is 1.67 bits per heavy atom. The van der Waals surface area contributed by atoms with Gasteiger partial charge in [-0.15, -0.1) is 0 Å². The summed E-state index contributed by atoms with van der Waals surface area (Å²) in [5.74, 6) is 0. The monoisotopic (exact) mass is 207 g/mol. The Kier molecular flexibility index (Phi) is 3.79. The summed E-state index contributed by atoms with van der Waals surface area (Å²) in [5, 5.41) is 13.7. The van der Waals surface area contributed by atoms with E-state index in [9.17, 15) is 4.79 Å². The van der Waals surface area contributed by atoms with Crippen molar-refractivity contribution < 1.29 is 9.90 Å². The number of hydrogen-bond donors (Lipinski definition) is 1. The molecule has 0 unspecified atom stereocenters. The Morgan fingerprint density at radius 2 is 2.40 bits per heavy atom. The average molecular weight is 207 g/mol. The molecule has 0 radical (unpaired) electrons. The number of hydrogen-bond acceptors (Lipinski definition) is 3. The molecule has 0 aromatic carbocycles. The Bertz CT molecular complexity index is 362. The van der Waals surface area contributed by atoms with Gasteiger partial charge < -0.3 is 5.11 Å². The topological polar surface area (TPSA) is 65.8 Å². The first-order valence-corrected chi connectivity index (χ1v) is 4.61. The predicted molar refractivity (Wildman–Crippen MR) is 56.9 cm³/mol. The molecule has 1 heterocycles. The van der Waals surface area contributed by atoms with Gasteiger partial charge in [-0.1, -0.05) is 6.07 Å². The molecule has 0 spiro atoms. The van der Waals surface area contributed by atoms with E-state index in [0.29, 0.717) is 12.3 Å². The maximum Gasteiger partial charge on any atom is 0.427 e. The molecule has 15 heavy (non-hydrogen) atoms. The summed E-state index contributed by atoms with van der Waals surface area (Å²) in [5.41, 5.74) is 1.45. The van der Waals surface area contributed by atoms with Crippen LogP contribution in [0.3, 0.4) is 0 Å². The highest BCUT2D eigenvalue weighted by atomic mass is 16.4. The van der Waals surface area contributed by atoms with Crippen molar-refractivity contribution >= 4 is 11.8 Å². The van der Waals surface area contributed by atoms with Gasteiger partial charge in [-0.3, -0.25) is 4.98 Å². The molecular formula is C10H13N3O2. The van der Waals surface area contributed by atoms with Crippen molar-refractivity contribution in [1.29, 1.82) is 0 Å². The zero-order chi connectivity index (χ0) is 11.3. The fraction of sp³-hybridized carbons (Fsp3) is 0.300. The largest absolute Gasteiger partial charge is 0.464 e. The standard InChI is InChI=1S/C10H13N3O2/c1-3-13(10(14)15)12-8(2)9-5-4-6-11-7-9/h4-7H,3H2,1-2H3,(H,14,15). The summed E-state index contributed by atoms with van der Waals surface area (Å²) in [6, 6.07) is 3.62. The van der Waals surface area contributed by atoms with Crippen LogP contribution < -0.4 is 0 Å². The van der Waals surface area contributed by atoms with Crippen LogP contribution >= 0.6 is 0 Å². The summed E-state index contributed by atoms with van der Waals surface area (Å²) in [7, 11) is 0. The van der Waals surface area contributed by atoms with E-state index >= 15 is 0 Å². The lowest BCUT2D eigenvalue weighted by Gasteiger charge is -2.11. The summed E-state index contributed by atoms with van der Waals surface area (Å²) in [6.45, 7) is 3.81. The minimum atomic E-state index is -1.05. The SMILES string of the molecule is CCN(N=C(C)c1cccnc1)C(=O)O. The van der Waals surface area contributed by atoms with Crippen molar-refractivity contribution in [2.45, 2.75) is 13.8 Å². The molecule has 1 aromatic heterocycles. The van der Waals surface area contributed by atoms with Crippen LogP contribution in [0, 0.1) is 0 Å². The van der Waals surface area contributed by atoms with Crippen molar-refractivity contribution in [1.82, 2.24) is 9.99 Å². The Labute approximate surface area is 88.1 Å². The number of hydrazone groups is 1. The molecule has 1 rings (SSSR count). The number of nitrogens with zero attached hydrogens (tertiary/aromatic N) is 3. The molecule has 0 saturated heterocycles. The number of amides is 1. The third-order valence-corrected chi connectivity index (χ3v) is 1.87. The molecule has 0 bridgehead atoms. The van der Waals surface area contributed by atoms with Gasteiger partial charge in [0.25, 0.3) is 0 Å². The van der Waals surface area contributed by atoms with Gasteiger partial charge in [-0.2, -0.15) is 10.1 Å². The van der Waals surface area contributed by atoms with E-state index in [1.165, 1.54) is 0 Å². The molecule has 1 N–H and O–H groups in total. The zero-order valence-corrected chi connectivity index (χ0v) is 8.71. The highest BCUT2D eigenvalue weighted by molar-refractivity contribution is 5.98. The molecule has 80 valence electrons. The lowest BCUT2D eigenvalue weighted by atomic mass is 10.2. The maximum absolute atomic E-state index is 10.7. The van der Waals surface area contributed by atoms with Crippen molar-refractivity contribution in [2.24, 2.45) is 5.10 Å². The van der Waals surface area contributed by atoms with Crippen LogP contribution in [0.5, 0.6) is 0 Å². The Morgan fingerprint density at radius 3 is 2.87 bits per heavy atom. The summed E-state index contributed by atoms with van der Waals surface area (Å²) in [4.78, 5) is 14.6. The van der Waals surface area contributed by atoms with Gasteiger partial charge in [0.05, 0.1) is 5.71 Å². The van der Waals surface area contributed by atoms with Crippen LogP contribution in [0.25, 0.3) is 0 Å². The van der Waals surface area contributed by atoms with Gasteiger partial charge in [0.15, 0.2) is 0 Å². The van der Waals surface area contributed by atoms with E-state index in [1.54, 1.807) is 32.3 Å². The van der Waals surface area contributed by atoms with Crippen molar-refractivity contribution in [3.05, 3.63) is 30.1 Å². The molecule has 0 aliphatic heterocycles. The molecular weight excluding hydrogens is 194 g/mol. The fourth-order valence-corrected chi connectivity index (χ4v) is 1.06. The van der Waals surface area contributed by atoms with Gasteiger partial charge in [0, 0.05) is 24.5 Å². The van der Waals surface area contributed by atoms with Gasteiger partial charge in [-0.05, 0) is 19.9 Å². The van der Waals surface area contributed by atoms with Crippen LogP contribution in [-0.2, 0) is 0 Å². The third-order valence-electron chi connectivity index (χ3n) is 1.87. The van der Waals surface area contributed by atoms with E-state index in [2.05, 4.69) is 10.1 Å². The van der Waals surface area contributed by atoms with E-state index in [1.807, 2.05) is 6.07 Å². The molecule has 1 aromatic rings. The van der Waals surface area contributed by atoms with E-state index < -0.39 is 6.09 Å². The second-order valence-electron chi connectivity index (χ2n) is 2.93. The normalized spacial score (nSPS) is 11.2. The minimum Gasteiger partial charge on any atom is -0.464 e. The molecule has 0 saturated carbocycles. The fourth-order valence-electron chi connectivity index (χ4n) is 1.06. The molecule has 5 heteroatoms. The smallest absolute Gasteiger partial charge is 0.427 e. The van der Waals surface area contributed by atoms with Crippen LogP contribution in [0.2, 0.25) is 0 Å². The molecule has 1 amide bonds. The number of aromatic nitrogens is 1. The number of carbonyl (C=O) groups is 1. The molecule has 0 aliphatic rings. The maximum atomic E-state index is 10.7. The first-order chi connectivity index (χ1) is 7.15. The van der Waals surface area contributed by atoms with Crippen molar-refractivity contribution in [2.75, 3.05) is 6.54 Å². The van der Waals surface area contributed by atoms with Crippen molar-refractivity contribution in [3.8, 4) is 0 Å². The second kappa shape index (κ2) is 5.09. The first-order valence-electron chi connectivity index (χ1n) is 4.61. The minimum absolute atomic E-state index is 0.326. The third kappa shape index (κ3) is 3.05. The van der Waals surface area contributed by atoms with Gasteiger partial charge in [-0.25, -0.2) is 4.79 Å². The van der Waals surface area contributed by atoms with Gasteiger partial charge in [0.1, 0.15) is 0 Å². The predicted octanol–water partition coefficient (Wildman–Crippen LogP) is 1.81. The van der Waals surface area contributed by atoms with Crippen molar-refractivity contribution in [3.63, 3.8) is 0 Å². The van der Waals surface area contributed by atoms with Crippen LogP contribution in [0.4, 0.5) is 4.79 Å². The lowest BCUT2D eigenvalue weighted by molar-refractivity contribution is 0.149. The second-order valence-corrected chi connectivity index (χ2v) is 2.93. The molecule has 0 fully saturated rings. The number of pyridine rings is 1. The van der Waals surface area contributed by atoms with Crippen LogP contribution in [0.15, 0.2) is 29.6 Å². The van der Waals surface area contributed by atoms with Gasteiger partial charge >= 0.3 is 6.09 Å². The molecule has 5 nitrogen and oxygen atoms in total. The van der Waals surface area contributed by atoms with Gasteiger partial charge in [0.2, 0.25) is 0 Å². The Hall–Kier alpha value is -1.91. The number of rotatable bonds is 3. The summed E-state index contributed by atoms with van der Waals surface area (Å²) < 4.78 is 0. The Balaban J connectivity index is 2.88. The van der Waals surface area contributed by atoms with E-state index in [0.717, 1.165) is 10.6 Å². The van der Waals surface area contributed by atoms with Crippen LogP contribution in [0.1, 0.15) is 19.4 Å². The van der Waals surface area contributed by atoms with E-state index in [4.69, 9.17) is 5.11 Å². The molecule has 0 aliphatic carbocycles. The average Bonchev–Trinajstić information content (AvgIpc) is 2.26. The summed E-state index contributed by atoms with van der Waals surface area (Å²) in [6.07, 6.45) is 2.25. The molecule has 0 atom stereocenters. The first kappa shape index (κ1) is 11.2. The summed E-state index contributed by atoms with van der Waals surface area (Å²) >= 11 is 0. The van der Waals surface area contributed by atoms with Crippen LogP contribution in [-0.4, -0.2) is 33.4 Å². The highest BCUT2D eigenvalue weighted by Crippen LogP contribution is 2.01. The number of carboxylic acid groups (broad SMARTS) is 1. The quantitative estimate of drug-likeness (QED) is 0.607. The highest BCUT2D eigenvalue weighted by Gasteiger charge is 2.08. The van der Waals surface area contributed by atoms with E-state index in [-0.39, 0.29) is 0 Å². The zero-order valence-electron chi connectivity index (χ0n) is 8.71.